The van der Waals surface area contributed by atoms with Crippen molar-refractivity contribution in [3.8, 4) is 0 Å². The lowest BCUT2D eigenvalue weighted by molar-refractivity contribution is 0.568. The molecular weight excluding hydrogens is 314 g/mol. The van der Waals surface area contributed by atoms with Gasteiger partial charge in [0.15, 0.2) is 5.82 Å². The van der Waals surface area contributed by atoms with Gasteiger partial charge in [-0.1, -0.05) is 0 Å². The van der Waals surface area contributed by atoms with Gasteiger partial charge in [-0.2, -0.15) is 5.10 Å². The fraction of sp³-hybridized carbons (Fsp3) is 0.556. The lowest BCUT2D eigenvalue weighted by Crippen LogP contribution is -2.38. The molecule has 2 aromatic heterocycles. The average Bonchev–Trinajstić information content (AvgIpc) is 3.35. The van der Waals surface area contributed by atoms with E-state index in [1.807, 2.05) is 24.5 Å². The Labute approximate surface area is 148 Å². The van der Waals surface area contributed by atoms with Crippen molar-refractivity contribution in [2.24, 2.45) is 0 Å². The van der Waals surface area contributed by atoms with Gasteiger partial charge in [-0.3, -0.25) is 0 Å². The first-order valence-corrected chi connectivity index (χ1v) is 9.21. The Kier molecular flexibility index (Phi) is 5.01. The van der Waals surface area contributed by atoms with Gasteiger partial charge in [-0.25, -0.2) is 9.97 Å². The van der Waals surface area contributed by atoms with Gasteiger partial charge < -0.3 is 15.1 Å². The Hall–Kier alpha value is -2.28. The van der Waals surface area contributed by atoms with Crippen LogP contribution in [0.15, 0.2) is 30.7 Å². The molecule has 2 aromatic rings. The molecule has 0 amide bonds. The Balaban J connectivity index is 1.28. The van der Waals surface area contributed by atoms with E-state index in [-0.39, 0.29) is 0 Å². The minimum atomic E-state index is 0.474. The summed E-state index contributed by atoms with van der Waals surface area (Å²) in [4.78, 5) is 13.7. The number of aromatic nitrogens is 4. The zero-order valence-electron chi connectivity index (χ0n) is 14.5. The molecule has 0 aromatic carbocycles. The summed E-state index contributed by atoms with van der Waals surface area (Å²) in [6.07, 6.45) is 10.5. The molecule has 0 unspecified atom stereocenters. The zero-order chi connectivity index (χ0) is 16.9. The van der Waals surface area contributed by atoms with Gasteiger partial charge >= 0.3 is 0 Å². The van der Waals surface area contributed by atoms with Crippen molar-refractivity contribution in [1.82, 2.24) is 25.5 Å². The van der Waals surface area contributed by atoms with Crippen LogP contribution in [0.1, 0.15) is 31.2 Å². The quantitative estimate of drug-likeness (QED) is 0.857. The van der Waals surface area contributed by atoms with E-state index < -0.39 is 0 Å². The van der Waals surface area contributed by atoms with E-state index in [1.165, 1.54) is 25.7 Å². The van der Waals surface area contributed by atoms with E-state index in [0.717, 1.165) is 50.1 Å². The van der Waals surface area contributed by atoms with Gasteiger partial charge in [-0.05, 0) is 37.8 Å². The fourth-order valence-corrected chi connectivity index (χ4v) is 3.70. The molecule has 132 valence electrons. The predicted molar refractivity (Wildman–Crippen MR) is 97.6 cm³/mol. The largest absolute Gasteiger partial charge is 0.351 e. The molecule has 2 saturated heterocycles. The summed E-state index contributed by atoms with van der Waals surface area (Å²) in [5.74, 6) is 1.84. The van der Waals surface area contributed by atoms with Crippen LogP contribution in [0.3, 0.4) is 0 Å². The molecule has 2 aliphatic rings. The van der Waals surface area contributed by atoms with Crippen LogP contribution in [-0.4, -0.2) is 52.4 Å². The maximum absolute atomic E-state index is 4.52. The molecule has 0 radical (unpaired) electrons. The van der Waals surface area contributed by atoms with E-state index in [4.69, 9.17) is 0 Å². The van der Waals surface area contributed by atoms with Crippen LogP contribution in [-0.2, 0) is 6.54 Å². The van der Waals surface area contributed by atoms with Gasteiger partial charge in [0.05, 0.1) is 0 Å². The predicted octanol–water partition coefficient (Wildman–Crippen LogP) is 1.63. The van der Waals surface area contributed by atoms with Crippen LogP contribution in [0.5, 0.6) is 0 Å². The normalized spacial score (nSPS) is 20.4. The third kappa shape index (κ3) is 3.87. The highest BCUT2D eigenvalue weighted by Crippen LogP contribution is 2.22. The molecule has 25 heavy (non-hydrogen) atoms. The summed E-state index contributed by atoms with van der Waals surface area (Å²) >= 11 is 0. The second-order valence-electron chi connectivity index (χ2n) is 6.79. The van der Waals surface area contributed by atoms with Gasteiger partial charge in [0, 0.05) is 62.9 Å². The molecule has 0 spiro atoms. The van der Waals surface area contributed by atoms with Crippen LogP contribution < -0.4 is 15.1 Å². The molecule has 7 heteroatoms. The van der Waals surface area contributed by atoms with Crippen molar-refractivity contribution >= 4 is 11.8 Å². The SMILES string of the molecule is c1cnnc(N2CCC[C@H]2CNCc2cnc(N3CCCC3)nc2)c1. The Morgan fingerprint density at radius 2 is 1.92 bits per heavy atom. The van der Waals surface area contributed by atoms with Crippen molar-refractivity contribution in [3.63, 3.8) is 0 Å². The molecule has 0 aliphatic carbocycles. The standard InChI is InChI=1S/C18H25N7/c1-2-9-24(8-1)18-20-12-15(13-21-18)11-19-14-16-5-4-10-25(16)17-6-3-7-22-23-17/h3,6-7,12-13,16,19H,1-2,4-5,8-11,14H2/t16-/m0/s1. The summed E-state index contributed by atoms with van der Waals surface area (Å²) in [5.41, 5.74) is 1.13. The summed E-state index contributed by atoms with van der Waals surface area (Å²) in [6.45, 7) is 4.95. The van der Waals surface area contributed by atoms with E-state index in [1.54, 1.807) is 6.20 Å². The lowest BCUT2D eigenvalue weighted by Gasteiger charge is -2.25. The number of hydrogen-bond acceptors (Lipinski definition) is 7. The maximum atomic E-state index is 4.52. The average molecular weight is 339 g/mol. The minimum absolute atomic E-state index is 0.474. The topological polar surface area (TPSA) is 70.1 Å². The fourth-order valence-electron chi connectivity index (χ4n) is 3.70. The molecule has 4 rings (SSSR count). The summed E-state index contributed by atoms with van der Waals surface area (Å²) in [5, 5.41) is 11.8. The van der Waals surface area contributed by atoms with Crippen molar-refractivity contribution in [2.45, 2.75) is 38.3 Å². The number of rotatable bonds is 6. The monoisotopic (exact) mass is 339 g/mol. The third-order valence-electron chi connectivity index (χ3n) is 5.02. The van der Waals surface area contributed by atoms with E-state index >= 15 is 0 Å². The van der Waals surface area contributed by atoms with Crippen LogP contribution >= 0.6 is 0 Å². The highest BCUT2D eigenvalue weighted by Gasteiger charge is 2.25. The molecule has 1 atom stereocenters. The van der Waals surface area contributed by atoms with Gasteiger partial charge in [-0.15, -0.1) is 5.10 Å². The van der Waals surface area contributed by atoms with Crippen molar-refractivity contribution in [3.05, 3.63) is 36.3 Å². The highest BCUT2D eigenvalue weighted by molar-refractivity contribution is 5.39. The minimum Gasteiger partial charge on any atom is -0.351 e. The Morgan fingerprint density at radius 1 is 1.08 bits per heavy atom. The third-order valence-corrected chi connectivity index (χ3v) is 5.02. The first kappa shape index (κ1) is 16.2. The summed E-state index contributed by atoms with van der Waals surface area (Å²) in [7, 11) is 0. The Bertz CT molecular complexity index is 655. The van der Waals surface area contributed by atoms with Crippen molar-refractivity contribution in [1.29, 1.82) is 0 Å². The van der Waals surface area contributed by atoms with Gasteiger partial charge in [0.25, 0.3) is 0 Å². The van der Waals surface area contributed by atoms with Crippen LogP contribution in [0.2, 0.25) is 0 Å². The molecular formula is C18H25N7. The molecule has 4 heterocycles. The highest BCUT2D eigenvalue weighted by atomic mass is 15.3. The van der Waals surface area contributed by atoms with Crippen LogP contribution in [0.25, 0.3) is 0 Å². The number of nitrogens with one attached hydrogen (secondary N) is 1. The molecule has 0 saturated carbocycles. The molecule has 2 aliphatic heterocycles. The molecule has 0 bridgehead atoms. The Morgan fingerprint density at radius 3 is 2.68 bits per heavy atom. The first-order valence-electron chi connectivity index (χ1n) is 9.21. The summed E-state index contributed by atoms with van der Waals surface area (Å²) in [6, 6.07) is 4.46. The number of anilines is 2. The lowest BCUT2D eigenvalue weighted by atomic mass is 10.2. The van der Waals surface area contributed by atoms with E-state index in [2.05, 4.69) is 35.3 Å². The first-order chi connectivity index (χ1) is 12.4. The molecule has 7 nitrogen and oxygen atoms in total. The summed E-state index contributed by atoms with van der Waals surface area (Å²) < 4.78 is 0. The molecule has 2 fully saturated rings. The zero-order valence-corrected chi connectivity index (χ0v) is 14.5. The van der Waals surface area contributed by atoms with Gasteiger partial charge in [0.1, 0.15) is 0 Å². The number of hydrogen-bond donors (Lipinski definition) is 1. The molecule has 1 N–H and O–H groups in total. The maximum Gasteiger partial charge on any atom is 0.225 e. The second kappa shape index (κ2) is 7.74. The van der Waals surface area contributed by atoms with Crippen LogP contribution in [0.4, 0.5) is 11.8 Å². The van der Waals surface area contributed by atoms with E-state index in [9.17, 15) is 0 Å². The van der Waals surface area contributed by atoms with Crippen molar-refractivity contribution < 1.29 is 0 Å². The van der Waals surface area contributed by atoms with Gasteiger partial charge in [0.2, 0.25) is 5.95 Å². The second-order valence-corrected chi connectivity index (χ2v) is 6.79. The smallest absolute Gasteiger partial charge is 0.225 e. The van der Waals surface area contributed by atoms with Crippen LogP contribution in [0, 0.1) is 0 Å². The van der Waals surface area contributed by atoms with E-state index in [0.29, 0.717) is 6.04 Å². The number of nitrogens with zero attached hydrogens (tertiary/aromatic N) is 6. The van der Waals surface area contributed by atoms with Crippen molar-refractivity contribution in [2.75, 3.05) is 36.0 Å².